The summed E-state index contributed by atoms with van der Waals surface area (Å²) in [6.07, 6.45) is 0. The van der Waals surface area contributed by atoms with Gasteiger partial charge in [0.15, 0.2) is 0 Å². The van der Waals surface area contributed by atoms with Crippen LogP contribution in [-0.4, -0.2) is 0 Å². The molecular formula is C46H29NOS. The lowest BCUT2D eigenvalue weighted by Crippen LogP contribution is -2.10. The van der Waals surface area contributed by atoms with Crippen molar-refractivity contribution in [1.82, 2.24) is 0 Å². The smallest absolute Gasteiger partial charge is 0.143 e. The summed E-state index contributed by atoms with van der Waals surface area (Å²) in [4.78, 5) is 2.38. The van der Waals surface area contributed by atoms with Crippen molar-refractivity contribution in [2.75, 3.05) is 4.90 Å². The minimum atomic E-state index is 0.914. The normalized spacial score (nSPS) is 11.7. The van der Waals surface area contributed by atoms with E-state index in [0.29, 0.717) is 0 Å². The highest BCUT2D eigenvalue weighted by molar-refractivity contribution is 7.25. The summed E-state index contributed by atoms with van der Waals surface area (Å²) in [6.45, 7) is 0. The third-order valence-electron chi connectivity index (χ3n) is 9.66. The second-order valence-electron chi connectivity index (χ2n) is 12.5. The van der Waals surface area contributed by atoms with E-state index in [0.717, 1.165) is 60.9 Å². The first-order valence-electron chi connectivity index (χ1n) is 16.6. The van der Waals surface area contributed by atoms with Gasteiger partial charge in [-0.05, 0) is 59.2 Å². The molecule has 0 aliphatic rings. The molecule has 0 radical (unpaired) electrons. The van der Waals surface area contributed by atoms with E-state index < -0.39 is 0 Å². The topological polar surface area (TPSA) is 16.4 Å². The van der Waals surface area contributed by atoms with Crippen LogP contribution in [-0.2, 0) is 0 Å². The molecule has 0 atom stereocenters. The van der Waals surface area contributed by atoms with Crippen molar-refractivity contribution in [2.24, 2.45) is 0 Å². The summed E-state index contributed by atoms with van der Waals surface area (Å²) in [5, 5.41) is 7.10. The van der Waals surface area contributed by atoms with Crippen molar-refractivity contribution in [1.29, 1.82) is 0 Å². The van der Waals surface area contributed by atoms with E-state index in [1.807, 2.05) is 11.3 Å². The van der Waals surface area contributed by atoms with Crippen LogP contribution in [0.25, 0.3) is 75.1 Å². The minimum absolute atomic E-state index is 0.914. The van der Waals surface area contributed by atoms with Gasteiger partial charge in [0.25, 0.3) is 0 Å². The van der Waals surface area contributed by atoms with Crippen LogP contribution in [0.4, 0.5) is 17.1 Å². The number of anilines is 3. The highest BCUT2D eigenvalue weighted by atomic mass is 32.1. The maximum atomic E-state index is 6.80. The molecule has 10 aromatic rings. The van der Waals surface area contributed by atoms with E-state index >= 15 is 0 Å². The minimum Gasteiger partial charge on any atom is -0.455 e. The summed E-state index contributed by atoms with van der Waals surface area (Å²) in [5.41, 5.74) is 9.86. The van der Waals surface area contributed by atoms with Crippen LogP contribution in [0.3, 0.4) is 0 Å². The summed E-state index contributed by atoms with van der Waals surface area (Å²) in [5.74, 6) is 0. The monoisotopic (exact) mass is 643 g/mol. The Labute approximate surface area is 287 Å². The molecule has 0 fully saturated rings. The first-order chi connectivity index (χ1) is 24.3. The van der Waals surface area contributed by atoms with Crippen molar-refractivity contribution in [3.05, 3.63) is 176 Å². The molecule has 0 unspecified atom stereocenters. The highest BCUT2D eigenvalue weighted by Crippen LogP contribution is 2.46. The maximum Gasteiger partial charge on any atom is 0.143 e. The molecule has 0 aliphatic carbocycles. The van der Waals surface area contributed by atoms with Crippen molar-refractivity contribution in [2.45, 2.75) is 0 Å². The number of furan rings is 1. The third kappa shape index (κ3) is 4.47. The van der Waals surface area contributed by atoms with Crippen molar-refractivity contribution in [3.8, 4) is 22.3 Å². The zero-order valence-corrected chi connectivity index (χ0v) is 27.3. The molecule has 230 valence electrons. The van der Waals surface area contributed by atoms with Gasteiger partial charge in [-0.15, -0.1) is 11.3 Å². The number of hydrogen-bond donors (Lipinski definition) is 0. The molecule has 8 aromatic carbocycles. The van der Waals surface area contributed by atoms with E-state index in [2.05, 4.69) is 181 Å². The van der Waals surface area contributed by atoms with Crippen LogP contribution in [0.5, 0.6) is 0 Å². The SMILES string of the molecule is c1ccc(-c2cccc3c2oc2c4ccccc4c(N(c4ccccc4)c4ccc(-c5cccc6sc7ccccc7c56)cc4)cc32)cc1. The zero-order valence-electron chi connectivity index (χ0n) is 26.5. The quantitative estimate of drug-likeness (QED) is 0.186. The Balaban J connectivity index is 1.19. The molecule has 0 bridgehead atoms. The fourth-order valence-corrected chi connectivity index (χ4v) is 8.57. The summed E-state index contributed by atoms with van der Waals surface area (Å²) < 4.78 is 9.44. The predicted molar refractivity (Wildman–Crippen MR) is 210 cm³/mol. The third-order valence-corrected chi connectivity index (χ3v) is 10.8. The van der Waals surface area contributed by atoms with E-state index in [9.17, 15) is 0 Å². The Kier molecular flexibility index (Phi) is 6.39. The molecule has 0 amide bonds. The lowest BCUT2D eigenvalue weighted by molar-refractivity contribution is 0.674. The van der Waals surface area contributed by atoms with Crippen molar-refractivity contribution in [3.63, 3.8) is 0 Å². The molecule has 0 aliphatic heterocycles. The number of rotatable bonds is 5. The van der Waals surface area contributed by atoms with Gasteiger partial charge >= 0.3 is 0 Å². The first kappa shape index (κ1) is 27.9. The zero-order chi connectivity index (χ0) is 32.3. The Morgan fingerprint density at radius 3 is 1.78 bits per heavy atom. The van der Waals surface area contributed by atoms with Gasteiger partial charge < -0.3 is 9.32 Å². The lowest BCUT2D eigenvalue weighted by atomic mass is 9.98. The number of benzene rings is 8. The van der Waals surface area contributed by atoms with Gasteiger partial charge in [0.05, 0.1) is 5.69 Å². The molecule has 0 saturated heterocycles. The van der Waals surface area contributed by atoms with Crippen molar-refractivity contribution < 1.29 is 4.42 Å². The van der Waals surface area contributed by atoms with E-state index in [-0.39, 0.29) is 0 Å². The van der Waals surface area contributed by atoms with E-state index in [1.54, 1.807) is 0 Å². The summed E-state index contributed by atoms with van der Waals surface area (Å²) in [7, 11) is 0. The number of hydrogen-bond acceptors (Lipinski definition) is 3. The van der Waals surface area contributed by atoms with Gasteiger partial charge in [0.1, 0.15) is 11.2 Å². The van der Waals surface area contributed by atoms with Crippen LogP contribution in [0.15, 0.2) is 180 Å². The standard InChI is InChI=1S/C46H29NOS/c1-3-13-30(14-4-1)35-21-11-22-38-40-29-41(36-17-7-8-18-37(36)46(40)48-45(35)38)47(32-15-5-2-6-16-32)33-27-25-31(26-28-33)34-20-12-24-43-44(34)39-19-9-10-23-42(39)49-43/h1-29H. The Hall–Kier alpha value is -6.16. The summed E-state index contributed by atoms with van der Waals surface area (Å²) in [6, 6.07) is 63.0. The highest BCUT2D eigenvalue weighted by Gasteiger charge is 2.21. The maximum absolute atomic E-state index is 6.80. The predicted octanol–water partition coefficient (Wildman–Crippen LogP) is 13.9. The molecule has 0 N–H and O–H groups in total. The van der Waals surface area contributed by atoms with Gasteiger partial charge in [-0.25, -0.2) is 0 Å². The Morgan fingerprint density at radius 1 is 0.388 bits per heavy atom. The fraction of sp³-hybridized carbons (Fsp3) is 0. The van der Waals surface area contributed by atoms with Crippen molar-refractivity contribution >= 4 is 81.3 Å². The number of nitrogens with zero attached hydrogens (tertiary/aromatic N) is 1. The Bertz CT molecular complexity index is 2810. The van der Waals surface area contributed by atoms with E-state index in [4.69, 9.17) is 4.42 Å². The molecule has 10 rings (SSSR count). The first-order valence-corrected chi connectivity index (χ1v) is 17.4. The van der Waals surface area contributed by atoms with Gasteiger partial charge in [-0.2, -0.15) is 0 Å². The number of para-hydroxylation sites is 2. The van der Waals surface area contributed by atoms with Gasteiger partial charge in [-0.3, -0.25) is 0 Å². The molecule has 3 heteroatoms. The molecule has 0 spiro atoms. The second-order valence-corrected chi connectivity index (χ2v) is 13.5. The molecule has 2 heterocycles. The largest absolute Gasteiger partial charge is 0.455 e. The lowest BCUT2D eigenvalue weighted by Gasteiger charge is -2.27. The molecule has 2 aromatic heterocycles. The number of fused-ring (bicyclic) bond motifs is 8. The Morgan fingerprint density at radius 2 is 0.959 bits per heavy atom. The van der Waals surface area contributed by atoms with Crippen LogP contribution >= 0.6 is 11.3 Å². The van der Waals surface area contributed by atoms with E-state index in [1.165, 1.54) is 31.3 Å². The van der Waals surface area contributed by atoms with Crippen LogP contribution in [0.2, 0.25) is 0 Å². The van der Waals surface area contributed by atoms with Gasteiger partial charge in [0, 0.05) is 58.7 Å². The molecule has 0 saturated carbocycles. The fourth-order valence-electron chi connectivity index (χ4n) is 7.44. The van der Waals surface area contributed by atoms with Crippen LogP contribution < -0.4 is 4.90 Å². The summed E-state index contributed by atoms with van der Waals surface area (Å²) >= 11 is 1.86. The molecule has 2 nitrogen and oxygen atoms in total. The van der Waals surface area contributed by atoms with Gasteiger partial charge in [0.2, 0.25) is 0 Å². The average molecular weight is 644 g/mol. The van der Waals surface area contributed by atoms with Crippen LogP contribution in [0, 0.1) is 0 Å². The van der Waals surface area contributed by atoms with Crippen LogP contribution in [0.1, 0.15) is 0 Å². The van der Waals surface area contributed by atoms with Gasteiger partial charge in [-0.1, -0.05) is 133 Å². The second kappa shape index (κ2) is 11.2. The average Bonchev–Trinajstić information content (AvgIpc) is 3.75. The molecular weight excluding hydrogens is 615 g/mol. The number of thiophene rings is 1. The molecule has 49 heavy (non-hydrogen) atoms.